The first-order valence-electron chi connectivity index (χ1n) is 11.4. The quantitative estimate of drug-likeness (QED) is 0.490. The molecule has 0 aromatic heterocycles. The molecule has 7 nitrogen and oxygen atoms in total. The van der Waals surface area contributed by atoms with E-state index in [1.165, 1.54) is 17.0 Å². The summed E-state index contributed by atoms with van der Waals surface area (Å²) >= 11 is 0. The van der Waals surface area contributed by atoms with Crippen LogP contribution in [0.15, 0.2) is 71.6 Å². The van der Waals surface area contributed by atoms with Gasteiger partial charge in [-0.25, -0.2) is 13.1 Å². The van der Waals surface area contributed by atoms with Crippen LogP contribution in [0.25, 0.3) is 10.8 Å². The number of nitrogens with zero attached hydrogens (tertiary/aromatic N) is 1. The van der Waals surface area contributed by atoms with Gasteiger partial charge in [0.1, 0.15) is 11.3 Å². The van der Waals surface area contributed by atoms with Crippen molar-refractivity contribution in [1.29, 1.82) is 0 Å². The van der Waals surface area contributed by atoms with Gasteiger partial charge in [0.05, 0.1) is 11.5 Å². The van der Waals surface area contributed by atoms with Gasteiger partial charge in [-0.2, -0.15) is 0 Å². The Labute approximate surface area is 199 Å². The minimum absolute atomic E-state index is 0.0430. The summed E-state index contributed by atoms with van der Waals surface area (Å²) in [6.07, 6.45) is 2.27. The number of hydrogen-bond acceptors (Lipinski definition) is 5. The fourth-order valence-electron chi connectivity index (χ4n) is 4.02. The Kier molecular flexibility index (Phi) is 6.61. The molecule has 0 radical (unpaired) electrons. The molecule has 1 fully saturated rings. The Hall–Kier alpha value is -3.39. The van der Waals surface area contributed by atoms with Crippen LogP contribution in [0, 0.1) is 0 Å². The highest BCUT2D eigenvalue weighted by atomic mass is 32.2. The SMILES string of the molecule is CCCCOc1ccc(S(=O)(=O)NC(=O)C2(C)CCN2C(=O)c2cccc3ccccc23)cc1. The monoisotopic (exact) mass is 480 g/mol. The van der Waals surface area contributed by atoms with Crippen molar-refractivity contribution in [2.45, 2.75) is 43.5 Å². The fraction of sp³-hybridized carbons (Fsp3) is 0.308. The molecule has 2 amide bonds. The van der Waals surface area contributed by atoms with Crippen LogP contribution in [0.5, 0.6) is 5.75 Å². The van der Waals surface area contributed by atoms with Gasteiger partial charge in [-0.05, 0) is 60.9 Å². The van der Waals surface area contributed by atoms with Crippen molar-refractivity contribution < 1.29 is 22.7 Å². The molecule has 1 unspecified atom stereocenters. The number of sulfonamides is 1. The van der Waals surface area contributed by atoms with Crippen molar-refractivity contribution in [2.75, 3.05) is 13.2 Å². The number of hydrogen-bond donors (Lipinski definition) is 1. The molecule has 0 spiro atoms. The molecule has 1 saturated heterocycles. The molecule has 3 aromatic carbocycles. The molecule has 4 rings (SSSR count). The van der Waals surface area contributed by atoms with Crippen molar-refractivity contribution in [3.05, 3.63) is 72.3 Å². The van der Waals surface area contributed by atoms with Gasteiger partial charge in [0.2, 0.25) is 0 Å². The molecule has 178 valence electrons. The van der Waals surface area contributed by atoms with Gasteiger partial charge >= 0.3 is 0 Å². The number of unbranched alkanes of at least 4 members (excludes halogenated alkanes) is 1. The molecule has 0 aliphatic carbocycles. The number of amides is 2. The number of ether oxygens (including phenoxy) is 1. The van der Waals surface area contributed by atoms with Crippen LogP contribution >= 0.6 is 0 Å². The van der Waals surface area contributed by atoms with Gasteiger partial charge in [-0.3, -0.25) is 9.59 Å². The number of rotatable bonds is 8. The van der Waals surface area contributed by atoms with E-state index in [1.807, 2.05) is 30.3 Å². The normalized spacial score (nSPS) is 17.8. The second-order valence-electron chi connectivity index (χ2n) is 8.62. The van der Waals surface area contributed by atoms with Crippen LogP contribution in [-0.4, -0.2) is 43.8 Å². The molecule has 1 aliphatic rings. The molecule has 0 saturated carbocycles. The van der Waals surface area contributed by atoms with E-state index in [0.717, 1.165) is 23.6 Å². The maximum Gasteiger partial charge on any atom is 0.264 e. The van der Waals surface area contributed by atoms with E-state index >= 15 is 0 Å². The zero-order valence-electron chi connectivity index (χ0n) is 19.3. The Morgan fingerprint density at radius 2 is 1.74 bits per heavy atom. The van der Waals surface area contributed by atoms with E-state index in [1.54, 1.807) is 31.2 Å². The molecule has 0 bridgehead atoms. The van der Waals surface area contributed by atoms with Crippen LogP contribution in [0.2, 0.25) is 0 Å². The van der Waals surface area contributed by atoms with Crippen molar-refractivity contribution in [3.63, 3.8) is 0 Å². The Balaban J connectivity index is 1.49. The zero-order valence-corrected chi connectivity index (χ0v) is 20.1. The molecule has 8 heteroatoms. The third-order valence-corrected chi connectivity index (χ3v) is 7.65. The van der Waals surface area contributed by atoms with Gasteiger partial charge < -0.3 is 9.64 Å². The van der Waals surface area contributed by atoms with Crippen molar-refractivity contribution >= 4 is 32.6 Å². The average Bonchev–Trinajstić information content (AvgIpc) is 2.82. The van der Waals surface area contributed by atoms with E-state index in [0.29, 0.717) is 30.9 Å². The highest BCUT2D eigenvalue weighted by Crippen LogP contribution is 2.34. The number of carbonyl (C=O) groups excluding carboxylic acids is 2. The fourth-order valence-corrected chi connectivity index (χ4v) is 5.09. The van der Waals surface area contributed by atoms with Crippen LogP contribution in [0.4, 0.5) is 0 Å². The topological polar surface area (TPSA) is 92.8 Å². The summed E-state index contributed by atoms with van der Waals surface area (Å²) in [5.74, 6) is -0.459. The van der Waals surface area contributed by atoms with Crippen LogP contribution in [0.1, 0.15) is 43.5 Å². The standard InChI is InChI=1S/C26H28N2O5S/c1-3-4-18-33-20-12-14-21(15-13-20)34(31,32)27-25(30)26(2)16-17-28(26)24(29)23-11-7-9-19-8-5-6-10-22(19)23/h5-15H,3-4,16-18H2,1-2H3,(H,27,30). The second-order valence-corrected chi connectivity index (χ2v) is 10.3. The number of nitrogens with one attached hydrogen (secondary N) is 1. The average molecular weight is 481 g/mol. The smallest absolute Gasteiger partial charge is 0.264 e. The molecule has 1 aliphatic heterocycles. The minimum atomic E-state index is -4.10. The van der Waals surface area contributed by atoms with E-state index in [9.17, 15) is 18.0 Å². The van der Waals surface area contributed by atoms with E-state index in [4.69, 9.17) is 4.74 Å². The Bertz CT molecular complexity index is 1320. The van der Waals surface area contributed by atoms with E-state index < -0.39 is 21.5 Å². The summed E-state index contributed by atoms with van der Waals surface area (Å²) in [5, 5.41) is 1.71. The first kappa shape index (κ1) is 23.8. The first-order chi connectivity index (χ1) is 16.3. The van der Waals surface area contributed by atoms with Crippen molar-refractivity contribution in [1.82, 2.24) is 9.62 Å². The van der Waals surface area contributed by atoms with Crippen molar-refractivity contribution in [2.24, 2.45) is 0 Å². The van der Waals surface area contributed by atoms with E-state index in [2.05, 4.69) is 11.6 Å². The van der Waals surface area contributed by atoms with Gasteiger partial charge in [0.15, 0.2) is 0 Å². The second kappa shape index (κ2) is 9.46. The third-order valence-electron chi connectivity index (χ3n) is 6.30. The van der Waals surface area contributed by atoms with Crippen LogP contribution < -0.4 is 9.46 Å². The number of likely N-dealkylation sites (tertiary alicyclic amines) is 1. The largest absolute Gasteiger partial charge is 0.494 e. The van der Waals surface area contributed by atoms with Crippen LogP contribution in [0.3, 0.4) is 0 Å². The van der Waals surface area contributed by atoms with Gasteiger partial charge in [0, 0.05) is 12.1 Å². The molecular weight excluding hydrogens is 452 g/mol. The Morgan fingerprint density at radius 3 is 2.41 bits per heavy atom. The molecule has 3 aromatic rings. The van der Waals surface area contributed by atoms with Gasteiger partial charge in [0.25, 0.3) is 21.8 Å². The summed E-state index contributed by atoms with van der Waals surface area (Å²) in [6, 6.07) is 18.9. The van der Waals surface area contributed by atoms with Crippen LogP contribution in [-0.2, 0) is 14.8 Å². The summed E-state index contributed by atoms with van der Waals surface area (Å²) < 4.78 is 33.4. The molecule has 1 N–H and O–H groups in total. The molecule has 1 heterocycles. The number of carbonyl (C=O) groups is 2. The first-order valence-corrected chi connectivity index (χ1v) is 12.8. The molecule has 1 atom stereocenters. The highest BCUT2D eigenvalue weighted by Gasteiger charge is 2.50. The maximum atomic E-state index is 13.3. The Morgan fingerprint density at radius 1 is 1.03 bits per heavy atom. The van der Waals surface area contributed by atoms with E-state index in [-0.39, 0.29) is 10.8 Å². The predicted octanol–water partition coefficient (Wildman–Crippen LogP) is 4.13. The van der Waals surface area contributed by atoms with Crippen molar-refractivity contribution in [3.8, 4) is 5.75 Å². The summed E-state index contributed by atoms with van der Waals surface area (Å²) in [7, 11) is -4.10. The summed E-state index contributed by atoms with van der Waals surface area (Å²) in [4.78, 5) is 27.8. The third kappa shape index (κ3) is 4.50. The lowest BCUT2D eigenvalue weighted by molar-refractivity contribution is -0.135. The van der Waals surface area contributed by atoms with Gasteiger partial charge in [-0.15, -0.1) is 0 Å². The highest BCUT2D eigenvalue weighted by molar-refractivity contribution is 7.90. The maximum absolute atomic E-state index is 13.3. The molecule has 34 heavy (non-hydrogen) atoms. The summed E-state index contributed by atoms with van der Waals surface area (Å²) in [6.45, 7) is 4.57. The molecular formula is C26H28N2O5S. The lowest BCUT2D eigenvalue weighted by Gasteiger charge is -2.48. The minimum Gasteiger partial charge on any atom is -0.494 e. The van der Waals surface area contributed by atoms with Gasteiger partial charge in [-0.1, -0.05) is 49.7 Å². The number of fused-ring (bicyclic) bond motifs is 1. The zero-order chi connectivity index (χ0) is 24.3. The predicted molar refractivity (Wildman–Crippen MR) is 130 cm³/mol. The summed E-state index contributed by atoms with van der Waals surface area (Å²) in [5.41, 5.74) is -0.775. The lowest BCUT2D eigenvalue weighted by Crippen LogP contribution is -2.67. The number of benzene rings is 3. The lowest BCUT2D eigenvalue weighted by atomic mass is 9.84.